The van der Waals surface area contributed by atoms with Crippen LogP contribution in [0.4, 0.5) is 0 Å². The Hall–Kier alpha value is 1.57. The molecule has 0 N–H and O–H groups in total. The monoisotopic (exact) mass is 478 g/mol. The molecule has 0 aliphatic rings. The predicted octanol–water partition coefficient (Wildman–Crippen LogP) is 9.67. The number of hydrogen-bond acceptors (Lipinski definition) is 0. The molecule has 0 aliphatic heterocycles. The van der Waals surface area contributed by atoms with Gasteiger partial charge in [-0.05, 0) is 12.5 Å². The van der Waals surface area contributed by atoms with Crippen LogP contribution in [-0.2, 0) is 0 Å². The Morgan fingerprint density at radius 2 is 0.667 bits per heavy atom. The zero-order chi connectivity index (χ0) is 17.9. The first-order valence-electron chi connectivity index (χ1n) is 10.2. The van der Waals surface area contributed by atoms with E-state index in [-0.39, 0.29) is 0 Å². The van der Waals surface area contributed by atoms with Crippen molar-refractivity contribution in [2.75, 3.05) is 5.33 Å². The van der Waals surface area contributed by atoms with E-state index in [4.69, 9.17) is 33.2 Å². The van der Waals surface area contributed by atoms with Crippen LogP contribution in [0, 0.1) is 0 Å². The summed E-state index contributed by atoms with van der Waals surface area (Å²) in [5.74, 6) is 0. The molecule has 0 aromatic heterocycles. The van der Waals surface area contributed by atoms with Crippen molar-refractivity contribution in [3.05, 3.63) is 0 Å². The Kier molecular flexibility index (Phi) is 20.6. The maximum atomic E-state index is 5.88. The molecule has 0 radical (unpaired) electrons. The standard InChI is InChI=1S/C19H38BrCl3Si/c20-18-16-14-12-10-8-6-4-2-1-3-5-7-9-11-13-15-17-19-24(21,22)23/h1-19H2. The van der Waals surface area contributed by atoms with Crippen molar-refractivity contribution in [2.24, 2.45) is 0 Å². The molecule has 5 heteroatoms. The molecule has 0 amide bonds. The average molecular weight is 481 g/mol. The van der Waals surface area contributed by atoms with Crippen LogP contribution in [0.2, 0.25) is 6.04 Å². The summed E-state index contributed by atoms with van der Waals surface area (Å²) in [6.07, 6.45) is 23.5. The van der Waals surface area contributed by atoms with Gasteiger partial charge in [-0.3, -0.25) is 0 Å². The van der Waals surface area contributed by atoms with Crippen LogP contribution in [0.15, 0.2) is 0 Å². The van der Waals surface area contributed by atoms with Gasteiger partial charge in [0.1, 0.15) is 0 Å². The van der Waals surface area contributed by atoms with Crippen LogP contribution in [-0.4, -0.2) is 11.3 Å². The minimum absolute atomic E-state index is 0.828. The van der Waals surface area contributed by atoms with E-state index in [0.29, 0.717) is 0 Å². The van der Waals surface area contributed by atoms with Gasteiger partial charge in [-0.1, -0.05) is 119 Å². The summed E-state index contributed by atoms with van der Waals surface area (Å²) < 4.78 is 0. The van der Waals surface area contributed by atoms with Crippen LogP contribution < -0.4 is 0 Å². The van der Waals surface area contributed by atoms with Crippen LogP contribution in [0.25, 0.3) is 0 Å². The minimum Gasteiger partial charge on any atom is -0.126 e. The third-order valence-electron chi connectivity index (χ3n) is 4.59. The minimum atomic E-state index is -2.35. The smallest absolute Gasteiger partial charge is 0.126 e. The Labute approximate surface area is 175 Å². The number of alkyl halides is 1. The molecule has 0 unspecified atom stereocenters. The van der Waals surface area contributed by atoms with Gasteiger partial charge in [-0.2, -0.15) is 0 Å². The molecule has 0 aromatic carbocycles. The fourth-order valence-electron chi connectivity index (χ4n) is 3.07. The molecular weight excluding hydrogens is 443 g/mol. The van der Waals surface area contributed by atoms with Crippen molar-refractivity contribution in [1.82, 2.24) is 0 Å². The van der Waals surface area contributed by atoms with Gasteiger partial charge >= 0.3 is 6.00 Å². The Balaban J connectivity index is 3.00. The largest absolute Gasteiger partial charge is 0.341 e. The topological polar surface area (TPSA) is 0 Å². The highest BCUT2D eigenvalue weighted by Gasteiger charge is 2.23. The second kappa shape index (κ2) is 19.3. The zero-order valence-corrected chi connectivity index (χ0v) is 20.3. The Bertz CT molecular complexity index is 247. The zero-order valence-electron chi connectivity index (χ0n) is 15.4. The molecule has 0 rings (SSSR count). The molecule has 0 nitrogen and oxygen atoms in total. The van der Waals surface area contributed by atoms with Crippen molar-refractivity contribution in [1.29, 1.82) is 0 Å². The summed E-state index contributed by atoms with van der Waals surface area (Å²) in [5.41, 5.74) is 0. The highest BCUT2D eigenvalue weighted by molar-refractivity contribution is 9.09. The van der Waals surface area contributed by atoms with E-state index >= 15 is 0 Å². The van der Waals surface area contributed by atoms with Crippen molar-refractivity contribution < 1.29 is 0 Å². The molecule has 0 heterocycles. The quantitative estimate of drug-likeness (QED) is 0.0747. The van der Waals surface area contributed by atoms with E-state index in [1.165, 1.54) is 108 Å². The maximum Gasteiger partial charge on any atom is 0.341 e. The number of halogens is 4. The molecule has 24 heavy (non-hydrogen) atoms. The van der Waals surface area contributed by atoms with E-state index < -0.39 is 6.00 Å². The summed E-state index contributed by atoms with van der Waals surface area (Å²) >= 11 is 21.1. The molecule has 0 saturated heterocycles. The van der Waals surface area contributed by atoms with Gasteiger partial charge in [0.05, 0.1) is 0 Å². The maximum absolute atomic E-state index is 5.88. The van der Waals surface area contributed by atoms with Gasteiger partial charge in [0.25, 0.3) is 0 Å². The summed E-state index contributed by atoms with van der Waals surface area (Å²) in [6.45, 7) is 0. The highest BCUT2D eigenvalue weighted by atomic mass is 79.9. The molecule has 0 saturated carbocycles. The summed E-state index contributed by atoms with van der Waals surface area (Å²) in [7, 11) is 0. The van der Waals surface area contributed by atoms with Gasteiger partial charge in [-0.15, -0.1) is 33.2 Å². The van der Waals surface area contributed by atoms with Crippen molar-refractivity contribution in [2.45, 2.75) is 115 Å². The van der Waals surface area contributed by atoms with Crippen LogP contribution >= 0.6 is 49.2 Å². The van der Waals surface area contributed by atoms with E-state index in [0.717, 1.165) is 12.5 Å². The molecule has 0 fully saturated rings. The lowest BCUT2D eigenvalue weighted by atomic mass is 10.0. The molecule has 0 aliphatic carbocycles. The molecule has 146 valence electrons. The first-order chi connectivity index (χ1) is 11.6. The molecule has 0 spiro atoms. The van der Waals surface area contributed by atoms with Crippen LogP contribution in [0.1, 0.15) is 109 Å². The molecular formula is C19H38BrCl3Si. The first-order valence-corrected chi connectivity index (χ1v) is 16.6. The second-order valence-electron chi connectivity index (χ2n) is 7.06. The van der Waals surface area contributed by atoms with Gasteiger partial charge < -0.3 is 0 Å². The third kappa shape index (κ3) is 23.6. The predicted molar refractivity (Wildman–Crippen MR) is 120 cm³/mol. The fourth-order valence-corrected chi connectivity index (χ4v) is 5.32. The average Bonchev–Trinajstić information content (AvgIpc) is 2.52. The van der Waals surface area contributed by atoms with Gasteiger partial charge in [0, 0.05) is 5.33 Å². The van der Waals surface area contributed by atoms with E-state index in [1.54, 1.807) is 0 Å². The van der Waals surface area contributed by atoms with Crippen molar-refractivity contribution in [3.63, 3.8) is 0 Å². The van der Waals surface area contributed by atoms with Crippen molar-refractivity contribution >= 4 is 55.2 Å². The fraction of sp³-hybridized carbons (Fsp3) is 1.00. The molecule has 0 aromatic rings. The molecule has 0 atom stereocenters. The summed E-state index contributed by atoms with van der Waals surface area (Å²) in [4.78, 5) is 0. The number of unbranched alkanes of at least 4 members (excludes halogenated alkanes) is 16. The van der Waals surface area contributed by atoms with Gasteiger partial charge in [0.15, 0.2) is 0 Å². The van der Waals surface area contributed by atoms with Gasteiger partial charge in [-0.25, -0.2) is 0 Å². The third-order valence-corrected chi connectivity index (χ3v) is 7.78. The first kappa shape index (κ1) is 25.6. The van der Waals surface area contributed by atoms with Gasteiger partial charge in [0.2, 0.25) is 0 Å². The van der Waals surface area contributed by atoms with E-state index in [9.17, 15) is 0 Å². The Morgan fingerprint density at radius 1 is 0.417 bits per heavy atom. The SMILES string of the molecule is Cl[Si](Cl)(Cl)CCCCCCCCCCCCCCCCCCCBr. The normalized spacial score (nSPS) is 12.0. The lowest BCUT2D eigenvalue weighted by Crippen LogP contribution is -2.07. The molecule has 0 bridgehead atoms. The Morgan fingerprint density at radius 3 is 0.917 bits per heavy atom. The van der Waals surface area contributed by atoms with Crippen molar-refractivity contribution in [3.8, 4) is 0 Å². The lowest BCUT2D eigenvalue weighted by molar-refractivity contribution is 0.529. The van der Waals surface area contributed by atoms with E-state index in [1.807, 2.05) is 0 Å². The van der Waals surface area contributed by atoms with Crippen LogP contribution in [0.3, 0.4) is 0 Å². The highest BCUT2D eigenvalue weighted by Crippen LogP contribution is 2.27. The summed E-state index contributed by atoms with van der Waals surface area (Å²) in [6, 6.07) is -1.53. The number of hydrogen-bond donors (Lipinski definition) is 0. The summed E-state index contributed by atoms with van der Waals surface area (Å²) in [5, 5.41) is 1.17. The lowest BCUT2D eigenvalue weighted by Gasteiger charge is -2.07. The van der Waals surface area contributed by atoms with E-state index in [2.05, 4.69) is 15.9 Å². The number of rotatable bonds is 19. The second-order valence-corrected chi connectivity index (χ2v) is 17.1. The van der Waals surface area contributed by atoms with Crippen LogP contribution in [0.5, 0.6) is 0 Å².